The van der Waals surface area contributed by atoms with Crippen molar-refractivity contribution in [2.24, 2.45) is 5.41 Å². The van der Waals surface area contributed by atoms with Crippen LogP contribution in [0.25, 0.3) is 0 Å². The fourth-order valence-corrected chi connectivity index (χ4v) is 2.88. The van der Waals surface area contributed by atoms with E-state index in [4.69, 9.17) is 0 Å². The number of hydrogen-bond acceptors (Lipinski definition) is 3. The molecule has 0 aromatic carbocycles. The fourth-order valence-electron chi connectivity index (χ4n) is 2.88. The van der Waals surface area contributed by atoms with Crippen molar-refractivity contribution in [1.29, 1.82) is 0 Å². The summed E-state index contributed by atoms with van der Waals surface area (Å²) in [6.45, 7) is 7.35. The minimum atomic E-state index is 0.384. The Morgan fingerprint density at radius 2 is 2.07 bits per heavy atom. The first-order valence-electron chi connectivity index (χ1n) is 5.56. The van der Waals surface area contributed by atoms with Gasteiger partial charge in [0.25, 0.3) is 0 Å². The van der Waals surface area contributed by atoms with Crippen LogP contribution in [0.5, 0.6) is 0 Å². The van der Waals surface area contributed by atoms with Gasteiger partial charge in [0.2, 0.25) is 0 Å². The standard InChI is InChI=1S/C11H20N2O/c1-3-10(14)6-13-5-4-11(9-13)7-12(2)8-11/h3-9H2,1-2H3. The minimum absolute atomic E-state index is 0.384. The summed E-state index contributed by atoms with van der Waals surface area (Å²) in [4.78, 5) is 16.0. The molecule has 0 amide bonds. The number of likely N-dealkylation sites (tertiary alicyclic amines) is 2. The lowest BCUT2D eigenvalue weighted by atomic mass is 9.79. The van der Waals surface area contributed by atoms with Crippen molar-refractivity contribution in [3.05, 3.63) is 0 Å². The Morgan fingerprint density at radius 3 is 2.64 bits per heavy atom. The second-order valence-electron chi connectivity index (χ2n) is 5.03. The molecular weight excluding hydrogens is 176 g/mol. The van der Waals surface area contributed by atoms with Crippen molar-refractivity contribution in [2.45, 2.75) is 19.8 Å². The van der Waals surface area contributed by atoms with Gasteiger partial charge in [-0.15, -0.1) is 0 Å². The topological polar surface area (TPSA) is 23.6 Å². The molecule has 2 heterocycles. The molecule has 2 saturated heterocycles. The molecule has 0 unspecified atom stereocenters. The predicted octanol–water partition coefficient (Wildman–Crippen LogP) is 0.603. The highest BCUT2D eigenvalue weighted by molar-refractivity contribution is 5.80. The quantitative estimate of drug-likeness (QED) is 0.660. The Hall–Kier alpha value is -0.410. The zero-order valence-corrected chi connectivity index (χ0v) is 9.25. The lowest BCUT2D eigenvalue weighted by Gasteiger charge is -2.46. The first kappa shape index (κ1) is 10.1. The molecule has 2 aliphatic rings. The Bertz CT molecular complexity index is 233. The third-order valence-corrected chi connectivity index (χ3v) is 3.52. The van der Waals surface area contributed by atoms with Gasteiger partial charge in [0.1, 0.15) is 5.78 Å². The Kier molecular flexibility index (Phi) is 2.62. The van der Waals surface area contributed by atoms with Gasteiger partial charge in [0.15, 0.2) is 0 Å². The SMILES string of the molecule is CCC(=O)CN1CCC2(CN(C)C2)C1. The molecule has 0 atom stereocenters. The number of rotatable bonds is 3. The maximum atomic E-state index is 11.3. The lowest BCUT2D eigenvalue weighted by Crippen LogP contribution is -2.55. The van der Waals surface area contributed by atoms with Gasteiger partial charge >= 0.3 is 0 Å². The zero-order chi connectivity index (χ0) is 10.2. The first-order chi connectivity index (χ1) is 6.63. The molecule has 0 radical (unpaired) electrons. The summed E-state index contributed by atoms with van der Waals surface area (Å²) in [5, 5.41) is 0. The number of carbonyl (C=O) groups is 1. The monoisotopic (exact) mass is 196 g/mol. The normalized spacial score (nSPS) is 26.7. The Balaban J connectivity index is 1.80. The van der Waals surface area contributed by atoms with Crippen LogP contribution in [-0.2, 0) is 4.79 Å². The van der Waals surface area contributed by atoms with Gasteiger partial charge < -0.3 is 4.90 Å². The van der Waals surface area contributed by atoms with Gasteiger partial charge in [-0.3, -0.25) is 9.69 Å². The van der Waals surface area contributed by atoms with E-state index < -0.39 is 0 Å². The van der Waals surface area contributed by atoms with Crippen molar-refractivity contribution in [3.63, 3.8) is 0 Å². The Labute approximate surface area is 86.1 Å². The van der Waals surface area contributed by atoms with Crippen LogP contribution in [0, 0.1) is 5.41 Å². The van der Waals surface area contributed by atoms with Crippen LogP contribution in [0.4, 0.5) is 0 Å². The van der Waals surface area contributed by atoms with E-state index in [1.54, 1.807) is 0 Å². The van der Waals surface area contributed by atoms with Crippen LogP contribution in [-0.4, -0.2) is 55.4 Å². The smallest absolute Gasteiger partial charge is 0.146 e. The van der Waals surface area contributed by atoms with Crippen molar-refractivity contribution < 1.29 is 4.79 Å². The maximum Gasteiger partial charge on any atom is 0.146 e. The molecule has 1 spiro atoms. The number of Topliss-reactive ketones (excluding diaryl/α,β-unsaturated/α-hetero) is 1. The first-order valence-corrected chi connectivity index (χ1v) is 5.56. The molecule has 3 nitrogen and oxygen atoms in total. The average Bonchev–Trinajstić information content (AvgIpc) is 2.48. The van der Waals surface area contributed by atoms with Gasteiger partial charge in [-0.25, -0.2) is 0 Å². The van der Waals surface area contributed by atoms with E-state index in [0.29, 0.717) is 24.2 Å². The summed E-state index contributed by atoms with van der Waals surface area (Å²) in [6, 6.07) is 0. The molecular formula is C11H20N2O. The molecule has 2 aliphatic heterocycles. The number of ketones is 1. The number of carbonyl (C=O) groups excluding carboxylic acids is 1. The summed E-state index contributed by atoms with van der Waals surface area (Å²) in [6.07, 6.45) is 1.97. The van der Waals surface area contributed by atoms with Crippen molar-refractivity contribution in [2.75, 3.05) is 39.8 Å². The van der Waals surface area contributed by atoms with Crippen molar-refractivity contribution in [3.8, 4) is 0 Å². The average molecular weight is 196 g/mol. The summed E-state index contributed by atoms with van der Waals surface area (Å²) >= 11 is 0. The molecule has 0 aromatic rings. The molecule has 2 rings (SSSR count). The van der Waals surface area contributed by atoms with Crippen LogP contribution in [0.15, 0.2) is 0 Å². The third kappa shape index (κ3) is 1.84. The summed E-state index contributed by atoms with van der Waals surface area (Å²) in [5.74, 6) is 0.384. The van der Waals surface area contributed by atoms with E-state index in [0.717, 1.165) is 13.1 Å². The highest BCUT2D eigenvalue weighted by Gasteiger charge is 2.45. The van der Waals surface area contributed by atoms with E-state index in [9.17, 15) is 4.79 Å². The third-order valence-electron chi connectivity index (χ3n) is 3.52. The molecule has 14 heavy (non-hydrogen) atoms. The summed E-state index contributed by atoms with van der Waals surface area (Å²) < 4.78 is 0. The largest absolute Gasteiger partial charge is 0.305 e. The van der Waals surface area contributed by atoms with Crippen LogP contribution in [0.2, 0.25) is 0 Å². The van der Waals surface area contributed by atoms with Gasteiger partial charge in [-0.2, -0.15) is 0 Å². The zero-order valence-electron chi connectivity index (χ0n) is 9.25. The molecule has 0 saturated carbocycles. The molecule has 0 bridgehead atoms. The van der Waals surface area contributed by atoms with E-state index in [1.807, 2.05) is 6.92 Å². The molecule has 0 aliphatic carbocycles. The highest BCUT2D eigenvalue weighted by atomic mass is 16.1. The van der Waals surface area contributed by atoms with Gasteiger partial charge in [-0.1, -0.05) is 6.92 Å². The van der Waals surface area contributed by atoms with Crippen molar-refractivity contribution in [1.82, 2.24) is 9.80 Å². The summed E-state index contributed by atoms with van der Waals surface area (Å²) in [5.41, 5.74) is 0.544. The number of hydrogen-bond donors (Lipinski definition) is 0. The lowest BCUT2D eigenvalue weighted by molar-refractivity contribution is -0.119. The Morgan fingerprint density at radius 1 is 1.36 bits per heavy atom. The van der Waals surface area contributed by atoms with Crippen LogP contribution < -0.4 is 0 Å². The molecule has 80 valence electrons. The van der Waals surface area contributed by atoms with Crippen LogP contribution in [0.3, 0.4) is 0 Å². The molecule has 3 heteroatoms. The molecule has 0 aromatic heterocycles. The van der Waals surface area contributed by atoms with Gasteiger partial charge in [-0.05, 0) is 20.0 Å². The maximum absolute atomic E-state index is 11.3. The minimum Gasteiger partial charge on any atom is -0.305 e. The highest BCUT2D eigenvalue weighted by Crippen LogP contribution is 2.38. The van der Waals surface area contributed by atoms with E-state index in [1.165, 1.54) is 19.5 Å². The predicted molar refractivity (Wildman–Crippen MR) is 56.3 cm³/mol. The van der Waals surface area contributed by atoms with E-state index in [2.05, 4.69) is 16.8 Å². The second kappa shape index (κ2) is 3.63. The molecule has 2 fully saturated rings. The van der Waals surface area contributed by atoms with Gasteiger partial charge in [0, 0.05) is 31.5 Å². The molecule has 0 N–H and O–H groups in total. The van der Waals surface area contributed by atoms with Crippen LogP contribution in [0.1, 0.15) is 19.8 Å². The van der Waals surface area contributed by atoms with Crippen molar-refractivity contribution >= 4 is 5.78 Å². The fraction of sp³-hybridized carbons (Fsp3) is 0.909. The van der Waals surface area contributed by atoms with E-state index >= 15 is 0 Å². The summed E-state index contributed by atoms with van der Waals surface area (Å²) in [7, 11) is 2.17. The van der Waals surface area contributed by atoms with E-state index in [-0.39, 0.29) is 0 Å². The van der Waals surface area contributed by atoms with Gasteiger partial charge in [0.05, 0.1) is 6.54 Å². The number of nitrogens with zero attached hydrogens (tertiary/aromatic N) is 2. The van der Waals surface area contributed by atoms with Crippen LogP contribution >= 0.6 is 0 Å². The second-order valence-corrected chi connectivity index (χ2v) is 5.03.